The van der Waals surface area contributed by atoms with Gasteiger partial charge in [0.05, 0.1) is 18.1 Å². The van der Waals surface area contributed by atoms with Crippen LogP contribution in [0.4, 0.5) is 0 Å². The van der Waals surface area contributed by atoms with E-state index in [0.717, 1.165) is 10.4 Å². The smallest absolute Gasteiger partial charge is 0.352 e. The molecule has 2 N–H and O–H groups in total. The molecular formula is C22H17N3O4S2. The van der Waals surface area contributed by atoms with Gasteiger partial charge in [0.2, 0.25) is 5.91 Å². The number of aliphatic carboxylic acids is 1. The zero-order chi connectivity index (χ0) is 22.0. The van der Waals surface area contributed by atoms with Crippen LogP contribution in [0.3, 0.4) is 0 Å². The molecule has 4 rings (SSSR count). The first kappa shape index (κ1) is 20.9. The van der Waals surface area contributed by atoms with Crippen LogP contribution in [0.25, 0.3) is 6.08 Å². The minimum atomic E-state index is -1.18. The summed E-state index contributed by atoms with van der Waals surface area (Å²) < 4.78 is 0. The highest BCUT2D eigenvalue weighted by molar-refractivity contribution is 8.00. The van der Waals surface area contributed by atoms with Crippen LogP contribution in [0, 0.1) is 11.3 Å². The molecule has 3 heterocycles. The zero-order valence-electron chi connectivity index (χ0n) is 16.1. The Morgan fingerprint density at radius 3 is 2.68 bits per heavy atom. The molecule has 1 fully saturated rings. The summed E-state index contributed by atoms with van der Waals surface area (Å²) in [5.74, 6) is -1.45. The molecule has 2 aliphatic rings. The number of fused-ring (bicyclic) bond motifs is 1. The van der Waals surface area contributed by atoms with Crippen molar-refractivity contribution < 1.29 is 19.5 Å². The van der Waals surface area contributed by atoms with Gasteiger partial charge in [0.25, 0.3) is 5.91 Å². The topological polar surface area (TPSA) is 110 Å². The van der Waals surface area contributed by atoms with E-state index in [2.05, 4.69) is 5.32 Å². The van der Waals surface area contributed by atoms with Gasteiger partial charge in [-0.05, 0) is 34.7 Å². The molecule has 2 aromatic rings. The number of benzene rings is 1. The van der Waals surface area contributed by atoms with Gasteiger partial charge in [-0.2, -0.15) is 5.26 Å². The molecule has 0 bridgehead atoms. The maximum atomic E-state index is 12.7. The Morgan fingerprint density at radius 1 is 1.26 bits per heavy atom. The third-order valence-corrected chi connectivity index (χ3v) is 7.13. The van der Waals surface area contributed by atoms with E-state index in [1.54, 1.807) is 36.4 Å². The van der Waals surface area contributed by atoms with Gasteiger partial charge >= 0.3 is 5.97 Å². The quantitative estimate of drug-likeness (QED) is 0.654. The van der Waals surface area contributed by atoms with Gasteiger partial charge in [-0.15, -0.1) is 23.1 Å². The van der Waals surface area contributed by atoms with E-state index in [4.69, 9.17) is 5.26 Å². The summed E-state index contributed by atoms with van der Waals surface area (Å²) in [6.07, 6.45) is 3.63. The second kappa shape index (κ2) is 8.79. The van der Waals surface area contributed by atoms with Crippen molar-refractivity contribution >= 4 is 47.0 Å². The van der Waals surface area contributed by atoms with Gasteiger partial charge in [0.1, 0.15) is 17.1 Å². The molecule has 0 spiro atoms. The van der Waals surface area contributed by atoms with Crippen LogP contribution in [-0.2, 0) is 20.8 Å². The lowest BCUT2D eigenvalue weighted by Crippen LogP contribution is -2.70. The molecule has 2 atom stereocenters. The maximum Gasteiger partial charge on any atom is 0.352 e. The lowest BCUT2D eigenvalue weighted by Gasteiger charge is -2.49. The Balaban J connectivity index is 1.49. The first-order chi connectivity index (χ1) is 15.0. The fourth-order valence-electron chi connectivity index (χ4n) is 3.43. The Bertz CT molecular complexity index is 1130. The van der Waals surface area contributed by atoms with E-state index in [1.165, 1.54) is 28.0 Å². The normalized spacial score (nSPS) is 20.2. The molecule has 31 heavy (non-hydrogen) atoms. The van der Waals surface area contributed by atoms with Gasteiger partial charge in [-0.1, -0.05) is 30.4 Å². The van der Waals surface area contributed by atoms with Crippen LogP contribution in [0.2, 0.25) is 0 Å². The van der Waals surface area contributed by atoms with Gasteiger partial charge in [0, 0.05) is 10.6 Å². The van der Waals surface area contributed by atoms with Crippen LogP contribution in [0.5, 0.6) is 0 Å². The number of nitriles is 1. The van der Waals surface area contributed by atoms with Gasteiger partial charge in [-0.3, -0.25) is 14.5 Å². The number of allylic oxidation sites excluding steroid dienone is 1. The highest BCUT2D eigenvalue weighted by atomic mass is 32.2. The molecule has 0 saturated carbocycles. The molecule has 0 aliphatic carbocycles. The first-order valence-electron chi connectivity index (χ1n) is 9.39. The number of carbonyl (C=O) groups is 3. The number of carboxylic acid groups (broad SMARTS) is 1. The summed E-state index contributed by atoms with van der Waals surface area (Å²) in [6.45, 7) is 0. The van der Waals surface area contributed by atoms with Crippen LogP contribution in [0.15, 0.2) is 59.1 Å². The van der Waals surface area contributed by atoms with Gasteiger partial charge < -0.3 is 10.4 Å². The molecule has 7 nitrogen and oxygen atoms in total. The average Bonchev–Trinajstić information content (AvgIpc) is 3.28. The van der Waals surface area contributed by atoms with E-state index in [0.29, 0.717) is 16.9 Å². The summed E-state index contributed by atoms with van der Waals surface area (Å²) >= 11 is 2.89. The van der Waals surface area contributed by atoms with E-state index < -0.39 is 23.3 Å². The number of thioether (sulfide) groups is 1. The number of carbonyl (C=O) groups excluding carboxylic acids is 2. The largest absolute Gasteiger partial charge is 0.477 e. The zero-order valence-corrected chi connectivity index (χ0v) is 17.8. The van der Waals surface area contributed by atoms with E-state index >= 15 is 0 Å². The van der Waals surface area contributed by atoms with Crippen molar-refractivity contribution in [1.82, 2.24) is 10.2 Å². The molecule has 1 aromatic carbocycles. The molecular weight excluding hydrogens is 434 g/mol. The number of nitrogens with zero attached hydrogens (tertiary/aromatic N) is 2. The second-order valence-electron chi connectivity index (χ2n) is 6.96. The molecule has 0 radical (unpaired) electrons. The minimum absolute atomic E-state index is 0.0533. The van der Waals surface area contributed by atoms with Crippen LogP contribution in [-0.4, -0.2) is 45.0 Å². The SMILES string of the molecule is N#Cc1ccc(C=CC2=C(C(=O)O)N3C(=O)[C@@H](NC(=O)Cc4cccs4)[C@H]3SC2)cc1. The highest BCUT2D eigenvalue weighted by Crippen LogP contribution is 2.40. The molecule has 156 valence electrons. The van der Waals surface area contributed by atoms with Gasteiger partial charge in [0.15, 0.2) is 0 Å². The predicted octanol–water partition coefficient (Wildman–Crippen LogP) is 2.61. The fourth-order valence-corrected chi connectivity index (χ4v) is 5.45. The molecule has 9 heteroatoms. The van der Waals surface area contributed by atoms with Crippen LogP contribution >= 0.6 is 23.1 Å². The Kier molecular flexibility index (Phi) is 5.93. The number of hydrogen-bond acceptors (Lipinski definition) is 6. The summed E-state index contributed by atoms with van der Waals surface area (Å²) in [6, 6.07) is 11.9. The second-order valence-corrected chi connectivity index (χ2v) is 9.09. The van der Waals surface area contributed by atoms with E-state index in [-0.39, 0.29) is 18.0 Å². The number of hydrogen-bond donors (Lipinski definition) is 2. The van der Waals surface area contributed by atoms with Crippen LogP contribution < -0.4 is 5.32 Å². The third-order valence-electron chi connectivity index (χ3n) is 4.95. The average molecular weight is 452 g/mol. The van der Waals surface area contributed by atoms with Crippen molar-refractivity contribution in [2.24, 2.45) is 0 Å². The third kappa shape index (κ3) is 4.26. The number of carboxylic acids is 1. The van der Waals surface area contributed by atoms with Crippen LogP contribution in [0.1, 0.15) is 16.0 Å². The predicted molar refractivity (Wildman–Crippen MR) is 118 cm³/mol. The number of β-lactam (4-membered cyclic amide) rings is 1. The van der Waals surface area contributed by atoms with E-state index in [1.807, 2.05) is 23.6 Å². The summed E-state index contributed by atoms with van der Waals surface area (Å²) in [4.78, 5) is 39.0. The summed E-state index contributed by atoms with van der Waals surface area (Å²) in [5.41, 5.74) is 1.83. The van der Waals surface area contributed by atoms with Crippen molar-refractivity contribution in [2.45, 2.75) is 17.8 Å². The molecule has 2 amide bonds. The molecule has 0 unspecified atom stereocenters. The number of nitrogens with one attached hydrogen (secondary N) is 1. The minimum Gasteiger partial charge on any atom is -0.477 e. The lowest BCUT2D eigenvalue weighted by molar-refractivity contribution is -0.150. The molecule has 2 aliphatic heterocycles. The first-order valence-corrected chi connectivity index (χ1v) is 11.3. The van der Waals surface area contributed by atoms with Crippen molar-refractivity contribution in [2.75, 3.05) is 5.75 Å². The van der Waals surface area contributed by atoms with Crippen molar-refractivity contribution in [3.05, 3.63) is 75.1 Å². The molecule has 1 saturated heterocycles. The summed E-state index contributed by atoms with van der Waals surface area (Å²) in [5, 5.41) is 22.8. The van der Waals surface area contributed by atoms with Gasteiger partial charge in [-0.25, -0.2) is 4.79 Å². The van der Waals surface area contributed by atoms with Crippen molar-refractivity contribution in [3.63, 3.8) is 0 Å². The Labute approximate surface area is 186 Å². The monoisotopic (exact) mass is 451 g/mol. The molecule has 1 aromatic heterocycles. The van der Waals surface area contributed by atoms with Crippen molar-refractivity contribution in [1.29, 1.82) is 5.26 Å². The number of thiophene rings is 1. The number of rotatable bonds is 6. The van der Waals surface area contributed by atoms with Crippen molar-refractivity contribution in [3.8, 4) is 6.07 Å². The lowest BCUT2D eigenvalue weighted by atomic mass is 10.0. The highest BCUT2D eigenvalue weighted by Gasteiger charge is 2.53. The maximum absolute atomic E-state index is 12.7. The van der Waals surface area contributed by atoms with E-state index in [9.17, 15) is 19.5 Å². The number of amides is 2. The summed E-state index contributed by atoms with van der Waals surface area (Å²) in [7, 11) is 0. The fraction of sp³-hybridized carbons (Fsp3) is 0.182. The Hall–Kier alpha value is -3.35. The standard InChI is InChI=1S/C22H17N3O4S2/c23-11-14-5-3-13(4-6-14)7-8-15-12-31-21-18(20(27)25(21)19(15)22(28)29)24-17(26)10-16-2-1-9-30-16/h1-9,18,21H,10,12H2,(H,24,26)(H,28,29)/t18-,21-/m1/s1. The Morgan fingerprint density at radius 2 is 2.03 bits per heavy atom.